The fourth-order valence-electron chi connectivity index (χ4n) is 1.08. The average Bonchev–Trinajstić information content (AvgIpc) is 2.15. The van der Waals surface area contributed by atoms with E-state index in [0.717, 1.165) is 18.2 Å². The van der Waals surface area contributed by atoms with Gasteiger partial charge in [-0.05, 0) is 18.2 Å². The lowest BCUT2D eigenvalue weighted by atomic mass is 10.1. The minimum Gasteiger partial charge on any atom is -0.386 e. The molecule has 0 aliphatic heterocycles. The Bertz CT molecular complexity index is 379. The van der Waals surface area contributed by atoms with Gasteiger partial charge >= 0.3 is 6.18 Å². The average molecular weight is 293 g/mol. The van der Waals surface area contributed by atoms with Crippen molar-refractivity contribution in [2.45, 2.75) is 17.1 Å². The van der Waals surface area contributed by atoms with Gasteiger partial charge in [0.25, 0.3) is 0 Å². The fourth-order valence-corrected chi connectivity index (χ4v) is 1.58. The highest BCUT2D eigenvalue weighted by atomic mass is 35.5. The molecule has 1 N–H and O–H groups in total. The van der Waals surface area contributed by atoms with Crippen molar-refractivity contribution in [2.75, 3.05) is 0 Å². The molecule has 1 atom stereocenters. The molecule has 1 unspecified atom stereocenters. The molecule has 1 aromatic rings. The Morgan fingerprint density at radius 1 is 1.19 bits per heavy atom. The van der Waals surface area contributed by atoms with Crippen molar-refractivity contribution in [3.8, 4) is 0 Å². The molecule has 90 valence electrons. The Morgan fingerprint density at radius 3 is 2.19 bits per heavy atom. The van der Waals surface area contributed by atoms with Crippen LogP contribution >= 0.6 is 34.8 Å². The van der Waals surface area contributed by atoms with Gasteiger partial charge in [-0.25, -0.2) is 0 Å². The summed E-state index contributed by atoms with van der Waals surface area (Å²) in [5, 5.41) is 9.43. The van der Waals surface area contributed by atoms with E-state index < -0.39 is 22.7 Å². The molecule has 16 heavy (non-hydrogen) atoms. The minimum atomic E-state index is -4.51. The van der Waals surface area contributed by atoms with Gasteiger partial charge in [0.15, 0.2) is 0 Å². The SMILES string of the molecule is OC(c1cc(C(F)(F)F)ccc1Cl)C(Cl)Cl. The second-order valence-corrected chi connectivity index (χ2v) is 4.58. The van der Waals surface area contributed by atoms with Gasteiger partial charge in [0.05, 0.1) is 5.56 Å². The summed E-state index contributed by atoms with van der Waals surface area (Å²) in [6.45, 7) is 0. The van der Waals surface area contributed by atoms with E-state index in [-0.39, 0.29) is 10.6 Å². The van der Waals surface area contributed by atoms with Gasteiger partial charge in [-0.15, -0.1) is 23.2 Å². The van der Waals surface area contributed by atoms with Crippen LogP contribution in [0.25, 0.3) is 0 Å². The van der Waals surface area contributed by atoms with Crippen LogP contribution in [0.2, 0.25) is 5.02 Å². The predicted octanol–water partition coefficient (Wildman–Crippen LogP) is 4.20. The second kappa shape index (κ2) is 5.00. The summed E-state index contributed by atoms with van der Waals surface area (Å²) in [5.74, 6) is 0. The maximum atomic E-state index is 12.4. The van der Waals surface area contributed by atoms with Crippen molar-refractivity contribution < 1.29 is 18.3 Å². The molecule has 0 fully saturated rings. The molecule has 0 heterocycles. The summed E-state index contributed by atoms with van der Waals surface area (Å²) < 4.78 is 37.1. The Hall–Kier alpha value is -0.160. The number of halogens is 6. The van der Waals surface area contributed by atoms with Crippen LogP contribution in [-0.4, -0.2) is 9.94 Å². The summed E-state index contributed by atoms with van der Waals surface area (Å²) in [6.07, 6.45) is -5.97. The van der Waals surface area contributed by atoms with Crippen molar-refractivity contribution in [2.24, 2.45) is 0 Å². The van der Waals surface area contributed by atoms with Gasteiger partial charge < -0.3 is 5.11 Å². The number of alkyl halides is 5. The van der Waals surface area contributed by atoms with Crippen LogP contribution < -0.4 is 0 Å². The molecule has 0 amide bonds. The second-order valence-electron chi connectivity index (χ2n) is 3.01. The van der Waals surface area contributed by atoms with Crippen LogP contribution in [0.1, 0.15) is 17.2 Å². The molecular formula is C9H6Cl3F3O. The third-order valence-corrected chi connectivity index (χ3v) is 2.70. The monoisotopic (exact) mass is 292 g/mol. The van der Waals surface area contributed by atoms with Crippen molar-refractivity contribution in [1.82, 2.24) is 0 Å². The summed E-state index contributed by atoms with van der Waals surface area (Å²) in [4.78, 5) is -1.25. The van der Waals surface area contributed by atoms with Crippen molar-refractivity contribution in [3.05, 3.63) is 34.3 Å². The minimum absolute atomic E-state index is 0.0215. The molecule has 0 saturated heterocycles. The molecule has 1 rings (SSSR count). The quantitative estimate of drug-likeness (QED) is 0.810. The molecule has 0 aliphatic rings. The molecule has 7 heteroatoms. The largest absolute Gasteiger partial charge is 0.416 e. The Labute approximate surface area is 105 Å². The van der Waals surface area contributed by atoms with Gasteiger partial charge in [0.1, 0.15) is 10.9 Å². The normalized spacial score (nSPS) is 14.2. The molecule has 0 saturated carbocycles. The molecule has 1 aromatic carbocycles. The van der Waals surface area contributed by atoms with Crippen LogP contribution in [0.4, 0.5) is 13.2 Å². The van der Waals surface area contributed by atoms with Crippen molar-refractivity contribution in [1.29, 1.82) is 0 Å². The fraction of sp³-hybridized carbons (Fsp3) is 0.333. The van der Waals surface area contributed by atoms with E-state index in [1.165, 1.54) is 0 Å². The van der Waals surface area contributed by atoms with Gasteiger partial charge in [-0.1, -0.05) is 11.6 Å². The highest BCUT2D eigenvalue weighted by molar-refractivity contribution is 6.44. The summed E-state index contributed by atoms with van der Waals surface area (Å²) in [7, 11) is 0. The van der Waals surface area contributed by atoms with E-state index in [1.807, 2.05) is 0 Å². The van der Waals surface area contributed by atoms with E-state index in [2.05, 4.69) is 0 Å². The van der Waals surface area contributed by atoms with Gasteiger partial charge in [0.2, 0.25) is 0 Å². The Kier molecular flexibility index (Phi) is 4.35. The van der Waals surface area contributed by atoms with Crippen LogP contribution in [0.5, 0.6) is 0 Å². The lowest BCUT2D eigenvalue weighted by Crippen LogP contribution is -2.10. The molecule has 0 spiro atoms. The maximum absolute atomic E-state index is 12.4. The standard InChI is InChI=1S/C9H6Cl3F3O/c10-6-2-1-4(9(13,14)15)3-5(6)7(16)8(11)12/h1-3,7-8,16H. The molecule has 0 radical (unpaired) electrons. The molecule has 0 bridgehead atoms. The van der Waals surface area contributed by atoms with E-state index in [9.17, 15) is 18.3 Å². The topological polar surface area (TPSA) is 20.2 Å². The first-order valence-corrected chi connectivity index (χ1v) is 5.31. The number of hydrogen-bond donors (Lipinski definition) is 1. The van der Waals surface area contributed by atoms with Gasteiger partial charge in [0, 0.05) is 10.6 Å². The predicted molar refractivity (Wildman–Crippen MR) is 56.9 cm³/mol. The number of aliphatic hydroxyl groups excluding tert-OH is 1. The third-order valence-electron chi connectivity index (χ3n) is 1.88. The third kappa shape index (κ3) is 3.17. The lowest BCUT2D eigenvalue weighted by molar-refractivity contribution is -0.137. The number of aliphatic hydroxyl groups is 1. The van der Waals surface area contributed by atoms with E-state index >= 15 is 0 Å². The zero-order valence-electron chi connectivity index (χ0n) is 7.60. The number of hydrogen-bond acceptors (Lipinski definition) is 1. The van der Waals surface area contributed by atoms with Gasteiger partial charge in [-0.2, -0.15) is 13.2 Å². The number of rotatable bonds is 2. The van der Waals surface area contributed by atoms with Crippen LogP contribution in [0, 0.1) is 0 Å². The van der Waals surface area contributed by atoms with E-state index in [1.54, 1.807) is 0 Å². The van der Waals surface area contributed by atoms with Crippen molar-refractivity contribution in [3.63, 3.8) is 0 Å². The molecule has 0 aliphatic carbocycles. The first-order valence-electron chi connectivity index (χ1n) is 4.06. The van der Waals surface area contributed by atoms with E-state index in [4.69, 9.17) is 34.8 Å². The lowest BCUT2D eigenvalue weighted by Gasteiger charge is -2.15. The van der Waals surface area contributed by atoms with Crippen molar-refractivity contribution >= 4 is 34.8 Å². The molecule has 0 aromatic heterocycles. The summed E-state index contributed by atoms with van der Waals surface area (Å²) >= 11 is 16.4. The highest BCUT2D eigenvalue weighted by Gasteiger charge is 2.32. The Balaban J connectivity index is 3.19. The summed E-state index contributed by atoms with van der Waals surface area (Å²) in [5.41, 5.74) is -1.06. The smallest absolute Gasteiger partial charge is 0.386 e. The first-order chi connectivity index (χ1) is 7.23. The zero-order chi connectivity index (χ0) is 12.5. The van der Waals surface area contributed by atoms with Gasteiger partial charge in [-0.3, -0.25) is 0 Å². The zero-order valence-corrected chi connectivity index (χ0v) is 9.87. The molecular weight excluding hydrogens is 287 g/mol. The highest BCUT2D eigenvalue weighted by Crippen LogP contribution is 2.35. The molecule has 1 nitrogen and oxygen atoms in total. The maximum Gasteiger partial charge on any atom is 0.416 e. The first kappa shape index (κ1) is 13.9. The van der Waals surface area contributed by atoms with Crippen LogP contribution in [0.15, 0.2) is 18.2 Å². The summed E-state index contributed by atoms with van der Waals surface area (Å²) in [6, 6.07) is 2.58. The van der Waals surface area contributed by atoms with Crippen LogP contribution in [-0.2, 0) is 6.18 Å². The Morgan fingerprint density at radius 2 is 1.75 bits per heavy atom. The van der Waals surface area contributed by atoms with E-state index in [0.29, 0.717) is 0 Å². The van der Waals surface area contributed by atoms with Crippen LogP contribution in [0.3, 0.4) is 0 Å². The number of benzene rings is 1.